The fourth-order valence-corrected chi connectivity index (χ4v) is 2.76. The van der Waals surface area contributed by atoms with Crippen molar-refractivity contribution in [1.29, 1.82) is 0 Å². The van der Waals surface area contributed by atoms with Gasteiger partial charge in [0.25, 0.3) is 0 Å². The van der Waals surface area contributed by atoms with Crippen LogP contribution < -0.4 is 0 Å². The Bertz CT molecular complexity index is 201. The van der Waals surface area contributed by atoms with Crippen LogP contribution in [0, 0.1) is 0 Å². The van der Waals surface area contributed by atoms with Crippen LogP contribution in [0.4, 0.5) is 0 Å². The summed E-state index contributed by atoms with van der Waals surface area (Å²) in [6, 6.07) is 0. The minimum Gasteiger partial charge on any atom is -0.308 e. The lowest BCUT2D eigenvalue weighted by molar-refractivity contribution is 0.206. The van der Waals surface area contributed by atoms with Gasteiger partial charge in [-0.25, -0.2) is 0 Å². The molecule has 0 spiro atoms. The molecule has 0 saturated heterocycles. The Hall–Kier alpha value is -0.110. The highest BCUT2D eigenvalue weighted by Gasteiger charge is 2.23. The first-order valence-electron chi connectivity index (χ1n) is 5.06. The Balaban J connectivity index is 4.18. The molecule has 0 rings (SSSR count). The highest BCUT2D eigenvalue weighted by molar-refractivity contribution is 7.54. The van der Waals surface area contributed by atoms with Crippen LogP contribution in [0.15, 0.2) is 12.2 Å². The quantitative estimate of drug-likeness (QED) is 0.463. The van der Waals surface area contributed by atoms with Crippen molar-refractivity contribution in [2.75, 3.05) is 19.4 Å². The first-order valence-corrected chi connectivity index (χ1v) is 6.79. The molecule has 0 amide bonds. The van der Waals surface area contributed by atoms with Gasteiger partial charge in [0, 0.05) is 0 Å². The third-order valence-corrected chi connectivity index (χ3v) is 3.53. The second kappa shape index (κ2) is 7.22. The van der Waals surface area contributed by atoms with E-state index in [9.17, 15) is 4.57 Å². The third-order valence-electron chi connectivity index (χ3n) is 1.45. The fourth-order valence-electron chi connectivity index (χ4n) is 0.920. The van der Waals surface area contributed by atoms with Crippen LogP contribution >= 0.6 is 7.60 Å². The van der Waals surface area contributed by atoms with Gasteiger partial charge in [0.1, 0.15) is 0 Å². The molecule has 0 heterocycles. The van der Waals surface area contributed by atoms with Crippen LogP contribution in [-0.2, 0) is 13.6 Å². The smallest absolute Gasteiger partial charge is 0.308 e. The Labute approximate surface area is 87.0 Å². The van der Waals surface area contributed by atoms with Gasteiger partial charge in [0.2, 0.25) is 0 Å². The Morgan fingerprint density at radius 3 is 1.93 bits per heavy atom. The highest BCUT2D eigenvalue weighted by atomic mass is 31.2. The van der Waals surface area contributed by atoms with Crippen molar-refractivity contribution in [2.45, 2.75) is 33.6 Å². The monoisotopic (exact) mass is 220 g/mol. The first-order chi connectivity index (χ1) is 6.54. The van der Waals surface area contributed by atoms with E-state index < -0.39 is 7.60 Å². The molecule has 0 aromatic carbocycles. The standard InChI is InChI=1S/C10H21O3P/c1-5-7-12-14(11,9-10(3)4)13-8-6-2/h3,5-9H2,1-2,4H3. The molecule has 0 N–H and O–H groups in total. The van der Waals surface area contributed by atoms with E-state index in [2.05, 4.69) is 6.58 Å². The molecule has 0 bridgehead atoms. The van der Waals surface area contributed by atoms with E-state index in [1.165, 1.54) is 0 Å². The predicted octanol–water partition coefficient (Wildman–Crippen LogP) is 3.61. The molecule has 4 heteroatoms. The molecule has 0 aromatic heterocycles. The van der Waals surface area contributed by atoms with Gasteiger partial charge in [0.05, 0.1) is 19.4 Å². The molecule has 0 unspecified atom stereocenters. The maximum absolute atomic E-state index is 12.0. The van der Waals surface area contributed by atoms with E-state index in [4.69, 9.17) is 9.05 Å². The molecule has 0 saturated carbocycles. The molecular weight excluding hydrogens is 199 g/mol. The van der Waals surface area contributed by atoms with Crippen molar-refractivity contribution in [1.82, 2.24) is 0 Å². The summed E-state index contributed by atoms with van der Waals surface area (Å²) in [5, 5.41) is 0. The third kappa shape index (κ3) is 6.36. The maximum Gasteiger partial charge on any atom is 0.334 e. The average Bonchev–Trinajstić information content (AvgIpc) is 2.11. The summed E-state index contributed by atoms with van der Waals surface area (Å²) >= 11 is 0. The van der Waals surface area contributed by atoms with Crippen LogP contribution in [0.3, 0.4) is 0 Å². The van der Waals surface area contributed by atoms with Gasteiger partial charge in [-0.15, -0.1) is 0 Å². The second-order valence-electron chi connectivity index (χ2n) is 3.39. The zero-order valence-corrected chi connectivity index (χ0v) is 10.3. The molecular formula is C10H21O3P. The van der Waals surface area contributed by atoms with Gasteiger partial charge in [-0.05, 0) is 19.8 Å². The molecule has 3 nitrogen and oxygen atoms in total. The highest BCUT2D eigenvalue weighted by Crippen LogP contribution is 2.49. The summed E-state index contributed by atoms with van der Waals surface area (Å²) in [7, 11) is -2.91. The molecule has 84 valence electrons. The number of hydrogen-bond acceptors (Lipinski definition) is 3. The Morgan fingerprint density at radius 2 is 1.64 bits per heavy atom. The fraction of sp³-hybridized carbons (Fsp3) is 0.800. The predicted molar refractivity (Wildman–Crippen MR) is 59.8 cm³/mol. The van der Waals surface area contributed by atoms with E-state index in [1.54, 1.807) is 0 Å². The van der Waals surface area contributed by atoms with E-state index in [0.717, 1.165) is 18.4 Å². The van der Waals surface area contributed by atoms with Crippen molar-refractivity contribution in [3.05, 3.63) is 12.2 Å². The zero-order valence-electron chi connectivity index (χ0n) is 9.41. The van der Waals surface area contributed by atoms with E-state index >= 15 is 0 Å². The van der Waals surface area contributed by atoms with E-state index in [-0.39, 0.29) is 0 Å². The van der Waals surface area contributed by atoms with Crippen molar-refractivity contribution < 1.29 is 13.6 Å². The van der Waals surface area contributed by atoms with Crippen molar-refractivity contribution >= 4 is 7.60 Å². The van der Waals surface area contributed by atoms with Gasteiger partial charge in [-0.2, -0.15) is 0 Å². The molecule has 0 aliphatic heterocycles. The summed E-state index contributed by atoms with van der Waals surface area (Å²) in [6.45, 7) is 10.5. The summed E-state index contributed by atoms with van der Waals surface area (Å²) in [6.07, 6.45) is 2.01. The molecule has 0 aliphatic rings. The van der Waals surface area contributed by atoms with Crippen LogP contribution in [0.5, 0.6) is 0 Å². The molecule has 0 aliphatic carbocycles. The van der Waals surface area contributed by atoms with Gasteiger partial charge in [0.15, 0.2) is 0 Å². The van der Waals surface area contributed by atoms with E-state index in [0.29, 0.717) is 19.4 Å². The van der Waals surface area contributed by atoms with Crippen molar-refractivity contribution in [2.24, 2.45) is 0 Å². The maximum atomic E-state index is 12.0. The van der Waals surface area contributed by atoms with Crippen LogP contribution in [0.25, 0.3) is 0 Å². The van der Waals surface area contributed by atoms with Crippen LogP contribution in [0.1, 0.15) is 33.6 Å². The van der Waals surface area contributed by atoms with Crippen molar-refractivity contribution in [3.8, 4) is 0 Å². The largest absolute Gasteiger partial charge is 0.334 e. The zero-order chi connectivity index (χ0) is 11.0. The summed E-state index contributed by atoms with van der Waals surface area (Å²) in [5.41, 5.74) is 0.834. The molecule has 0 fully saturated rings. The van der Waals surface area contributed by atoms with Crippen LogP contribution in [-0.4, -0.2) is 19.4 Å². The summed E-state index contributed by atoms with van der Waals surface area (Å²) in [4.78, 5) is 0. The lowest BCUT2D eigenvalue weighted by atomic mass is 10.4. The van der Waals surface area contributed by atoms with Crippen molar-refractivity contribution in [3.63, 3.8) is 0 Å². The van der Waals surface area contributed by atoms with Gasteiger partial charge < -0.3 is 9.05 Å². The normalized spacial score (nSPS) is 11.6. The molecule has 0 atom stereocenters. The number of rotatable bonds is 8. The Morgan fingerprint density at radius 1 is 1.21 bits per heavy atom. The van der Waals surface area contributed by atoms with Gasteiger partial charge >= 0.3 is 7.60 Å². The number of hydrogen-bond donors (Lipinski definition) is 0. The average molecular weight is 220 g/mol. The summed E-state index contributed by atoms with van der Waals surface area (Å²) in [5.74, 6) is 0. The Kier molecular flexibility index (Phi) is 7.16. The first kappa shape index (κ1) is 13.9. The molecule has 0 aromatic rings. The number of allylic oxidation sites excluding steroid dienone is 1. The molecule has 0 radical (unpaired) electrons. The second-order valence-corrected chi connectivity index (χ2v) is 5.45. The van der Waals surface area contributed by atoms with Crippen LogP contribution in [0.2, 0.25) is 0 Å². The SMILES string of the molecule is C=C(C)CP(=O)(OCCC)OCCC. The lowest BCUT2D eigenvalue weighted by Crippen LogP contribution is -2.02. The van der Waals surface area contributed by atoms with E-state index in [1.807, 2.05) is 20.8 Å². The van der Waals surface area contributed by atoms with Gasteiger partial charge in [-0.3, -0.25) is 4.57 Å². The summed E-state index contributed by atoms with van der Waals surface area (Å²) < 4.78 is 22.6. The van der Waals surface area contributed by atoms with Gasteiger partial charge in [-0.1, -0.05) is 26.0 Å². The minimum absolute atomic E-state index is 0.326. The minimum atomic E-state index is -2.91. The topological polar surface area (TPSA) is 35.5 Å². The lowest BCUT2D eigenvalue weighted by Gasteiger charge is -2.17. The molecule has 14 heavy (non-hydrogen) atoms.